The molecule has 1 aliphatic carbocycles. The number of allylic oxidation sites excluding steroid dienone is 4. The normalized spacial score (nSPS) is 27.4. The summed E-state index contributed by atoms with van der Waals surface area (Å²) in [5.41, 5.74) is -0.163. The van der Waals surface area contributed by atoms with Gasteiger partial charge < -0.3 is 4.74 Å². The molecule has 1 fully saturated rings. The number of hydroxylamine groups is 2. The van der Waals surface area contributed by atoms with Crippen LogP contribution >= 0.6 is 0 Å². The monoisotopic (exact) mass is 221 g/mol. The Bertz CT molecular complexity index is 393. The van der Waals surface area contributed by atoms with Gasteiger partial charge in [-0.2, -0.15) is 5.06 Å². The highest BCUT2D eigenvalue weighted by atomic mass is 16.7. The molecule has 0 spiro atoms. The SMILES string of the molecule is CON1C(=O)C(C)(C)OC2C=CC=CC=C21. The van der Waals surface area contributed by atoms with Crippen molar-refractivity contribution in [2.45, 2.75) is 25.6 Å². The number of fused-ring (bicyclic) bond motifs is 1. The first-order chi connectivity index (χ1) is 7.56. The van der Waals surface area contributed by atoms with Gasteiger partial charge in [-0.3, -0.25) is 9.63 Å². The second kappa shape index (κ2) is 3.88. The lowest BCUT2D eigenvalue weighted by molar-refractivity contribution is -0.211. The average molecular weight is 221 g/mol. The van der Waals surface area contributed by atoms with Gasteiger partial charge in [0.25, 0.3) is 5.91 Å². The van der Waals surface area contributed by atoms with Gasteiger partial charge in [0.1, 0.15) is 11.7 Å². The van der Waals surface area contributed by atoms with E-state index in [1.165, 1.54) is 12.2 Å². The molecule has 4 heteroatoms. The molecule has 1 unspecified atom stereocenters. The molecule has 1 aliphatic heterocycles. The van der Waals surface area contributed by atoms with E-state index in [4.69, 9.17) is 9.57 Å². The summed E-state index contributed by atoms with van der Waals surface area (Å²) in [6.07, 6.45) is 9.11. The molecule has 0 N–H and O–H groups in total. The van der Waals surface area contributed by atoms with Crippen LogP contribution in [-0.4, -0.2) is 29.8 Å². The van der Waals surface area contributed by atoms with Crippen molar-refractivity contribution < 1.29 is 14.4 Å². The molecule has 0 bridgehead atoms. The van der Waals surface area contributed by atoms with Gasteiger partial charge in [-0.05, 0) is 26.0 Å². The minimum absolute atomic E-state index is 0.193. The standard InChI is InChI=1S/C12H15NO3/c1-12(2)11(14)13(15-3)9-7-5-4-6-8-10(9)16-12/h4-8,10H,1-3H3. The Morgan fingerprint density at radius 1 is 1.38 bits per heavy atom. The Balaban J connectivity index is 2.41. The van der Waals surface area contributed by atoms with Gasteiger partial charge in [-0.25, -0.2) is 0 Å². The van der Waals surface area contributed by atoms with Crippen LogP contribution in [0.4, 0.5) is 0 Å². The Morgan fingerprint density at radius 2 is 2.12 bits per heavy atom. The zero-order valence-corrected chi connectivity index (χ0v) is 9.64. The van der Waals surface area contributed by atoms with Crippen LogP contribution in [0.15, 0.2) is 36.1 Å². The van der Waals surface area contributed by atoms with Gasteiger partial charge in [-0.1, -0.05) is 18.2 Å². The van der Waals surface area contributed by atoms with Crippen molar-refractivity contribution in [1.29, 1.82) is 0 Å². The molecule has 2 aliphatic rings. The predicted octanol–water partition coefficient (Wildman–Crippen LogP) is 1.56. The Morgan fingerprint density at radius 3 is 2.81 bits per heavy atom. The van der Waals surface area contributed by atoms with Crippen molar-refractivity contribution in [2.75, 3.05) is 7.11 Å². The summed E-state index contributed by atoms with van der Waals surface area (Å²) < 4.78 is 5.74. The fourth-order valence-corrected chi connectivity index (χ4v) is 1.78. The molecule has 0 aromatic carbocycles. The van der Waals surface area contributed by atoms with Gasteiger partial charge in [0.2, 0.25) is 0 Å². The van der Waals surface area contributed by atoms with Gasteiger partial charge >= 0.3 is 0 Å². The Labute approximate surface area is 94.8 Å². The zero-order valence-electron chi connectivity index (χ0n) is 9.64. The molecule has 1 saturated heterocycles. The first kappa shape index (κ1) is 11.1. The molecule has 1 amide bonds. The molecule has 1 atom stereocenters. The van der Waals surface area contributed by atoms with Crippen LogP contribution in [0.25, 0.3) is 0 Å². The van der Waals surface area contributed by atoms with Crippen LogP contribution in [-0.2, 0) is 14.4 Å². The molecule has 16 heavy (non-hydrogen) atoms. The summed E-state index contributed by atoms with van der Waals surface area (Å²) in [5.74, 6) is -0.193. The second-order valence-corrected chi connectivity index (χ2v) is 4.19. The Hall–Kier alpha value is -1.39. The lowest BCUT2D eigenvalue weighted by Gasteiger charge is -2.40. The zero-order chi connectivity index (χ0) is 11.8. The number of hydrogen-bond acceptors (Lipinski definition) is 3. The van der Waals surface area contributed by atoms with E-state index in [1.807, 2.05) is 30.4 Å². The molecule has 0 radical (unpaired) electrons. The van der Waals surface area contributed by atoms with E-state index in [0.29, 0.717) is 5.70 Å². The summed E-state index contributed by atoms with van der Waals surface area (Å²) >= 11 is 0. The minimum atomic E-state index is -0.868. The summed E-state index contributed by atoms with van der Waals surface area (Å²) in [4.78, 5) is 17.2. The van der Waals surface area contributed by atoms with E-state index in [1.54, 1.807) is 13.8 Å². The lowest BCUT2D eigenvalue weighted by Crippen LogP contribution is -2.54. The maximum atomic E-state index is 12.0. The number of amides is 1. The van der Waals surface area contributed by atoms with Crippen LogP contribution in [0.2, 0.25) is 0 Å². The van der Waals surface area contributed by atoms with E-state index in [0.717, 1.165) is 0 Å². The smallest absolute Gasteiger partial charge is 0.282 e. The summed E-state index contributed by atoms with van der Waals surface area (Å²) in [6, 6.07) is 0. The molecular formula is C12H15NO3. The maximum absolute atomic E-state index is 12.0. The second-order valence-electron chi connectivity index (χ2n) is 4.19. The number of carbonyl (C=O) groups excluding carboxylic acids is 1. The molecule has 4 nitrogen and oxygen atoms in total. The van der Waals surface area contributed by atoms with Crippen molar-refractivity contribution >= 4 is 5.91 Å². The van der Waals surface area contributed by atoms with Crippen LogP contribution in [0.5, 0.6) is 0 Å². The van der Waals surface area contributed by atoms with E-state index < -0.39 is 5.60 Å². The average Bonchev–Trinajstić information content (AvgIpc) is 2.44. The van der Waals surface area contributed by atoms with E-state index in [-0.39, 0.29) is 12.0 Å². The summed E-state index contributed by atoms with van der Waals surface area (Å²) in [7, 11) is 1.48. The number of carbonyl (C=O) groups is 1. The predicted molar refractivity (Wildman–Crippen MR) is 59.2 cm³/mol. The fourth-order valence-electron chi connectivity index (χ4n) is 1.78. The quantitative estimate of drug-likeness (QED) is 0.674. The molecule has 0 saturated carbocycles. The molecular weight excluding hydrogens is 206 g/mol. The minimum Gasteiger partial charge on any atom is -0.352 e. The maximum Gasteiger partial charge on any atom is 0.282 e. The fraction of sp³-hybridized carbons (Fsp3) is 0.417. The topological polar surface area (TPSA) is 38.8 Å². The summed E-state index contributed by atoms with van der Waals surface area (Å²) in [6.45, 7) is 3.48. The van der Waals surface area contributed by atoms with Crippen molar-refractivity contribution in [1.82, 2.24) is 5.06 Å². The highest BCUT2D eigenvalue weighted by molar-refractivity contribution is 5.86. The van der Waals surface area contributed by atoms with Crippen molar-refractivity contribution in [2.24, 2.45) is 0 Å². The first-order valence-electron chi connectivity index (χ1n) is 5.18. The lowest BCUT2D eigenvalue weighted by atomic mass is 10.0. The molecule has 0 aromatic rings. The number of ether oxygens (including phenoxy) is 1. The first-order valence-corrected chi connectivity index (χ1v) is 5.18. The van der Waals surface area contributed by atoms with Crippen LogP contribution in [0.1, 0.15) is 13.8 Å². The number of nitrogens with zero attached hydrogens (tertiary/aromatic N) is 1. The van der Waals surface area contributed by atoms with E-state index in [9.17, 15) is 4.79 Å². The summed E-state index contributed by atoms with van der Waals surface area (Å²) in [5, 5.41) is 1.30. The number of rotatable bonds is 1. The van der Waals surface area contributed by atoms with E-state index in [2.05, 4.69) is 0 Å². The third-order valence-corrected chi connectivity index (χ3v) is 2.60. The van der Waals surface area contributed by atoms with Gasteiger partial charge in [0, 0.05) is 0 Å². The van der Waals surface area contributed by atoms with Gasteiger partial charge in [-0.15, -0.1) is 0 Å². The number of morpholine rings is 1. The van der Waals surface area contributed by atoms with Crippen molar-refractivity contribution in [3.05, 3.63) is 36.1 Å². The van der Waals surface area contributed by atoms with Crippen molar-refractivity contribution in [3.8, 4) is 0 Å². The van der Waals surface area contributed by atoms with Gasteiger partial charge in [0.15, 0.2) is 0 Å². The molecule has 86 valence electrons. The van der Waals surface area contributed by atoms with Crippen LogP contribution in [0, 0.1) is 0 Å². The third-order valence-electron chi connectivity index (χ3n) is 2.60. The largest absolute Gasteiger partial charge is 0.352 e. The van der Waals surface area contributed by atoms with Crippen molar-refractivity contribution in [3.63, 3.8) is 0 Å². The third kappa shape index (κ3) is 1.70. The number of hydrogen-bond donors (Lipinski definition) is 0. The van der Waals surface area contributed by atoms with Gasteiger partial charge in [0.05, 0.1) is 12.8 Å². The Kier molecular flexibility index (Phi) is 2.69. The van der Waals surface area contributed by atoms with Crippen LogP contribution in [0.3, 0.4) is 0 Å². The highest BCUT2D eigenvalue weighted by Gasteiger charge is 2.44. The van der Waals surface area contributed by atoms with Crippen LogP contribution < -0.4 is 0 Å². The molecule has 1 heterocycles. The highest BCUT2D eigenvalue weighted by Crippen LogP contribution is 2.31. The van der Waals surface area contributed by atoms with E-state index >= 15 is 0 Å². The molecule has 2 rings (SSSR count). The molecule has 0 aromatic heterocycles.